The molecule has 0 aliphatic rings. The monoisotopic (exact) mass is 301 g/mol. The van der Waals surface area contributed by atoms with Crippen molar-refractivity contribution in [2.45, 2.75) is 20.4 Å². The van der Waals surface area contributed by atoms with Crippen molar-refractivity contribution < 1.29 is 9.21 Å². The molecule has 1 amide bonds. The lowest BCUT2D eigenvalue weighted by Gasteiger charge is -2.08. The smallest absolute Gasteiger partial charge is 0.250 e. The van der Waals surface area contributed by atoms with E-state index in [-0.39, 0.29) is 0 Å². The molecule has 0 radical (unpaired) electrons. The number of hydrogen-bond acceptors (Lipinski definition) is 4. The van der Waals surface area contributed by atoms with Crippen LogP contribution in [0, 0.1) is 13.8 Å². The van der Waals surface area contributed by atoms with Gasteiger partial charge in [-0.15, -0.1) is 11.3 Å². The number of primary amides is 1. The van der Waals surface area contributed by atoms with Gasteiger partial charge in [-0.3, -0.25) is 4.79 Å². The zero-order valence-corrected chi connectivity index (χ0v) is 12.6. The fraction of sp³-hybridized carbons (Fsp3) is 0.200. The molecule has 0 saturated carbocycles. The van der Waals surface area contributed by atoms with Crippen molar-refractivity contribution in [3.63, 3.8) is 0 Å². The Morgan fingerprint density at radius 1 is 1.48 bits per heavy atom. The molecule has 6 heteroatoms. The van der Waals surface area contributed by atoms with Gasteiger partial charge in [0.2, 0.25) is 0 Å². The minimum Gasteiger partial charge on any atom is -0.467 e. The Morgan fingerprint density at radius 2 is 2.29 bits per heavy atom. The highest BCUT2D eigenvalue weighted by Gasteiger charge is 2.18. The number of rotatable bonds is 4. The fourth-order valence-electron chi connectivity index (χ4n) is 2.35. The largest absolute Gasteiger partial charge is 0.467 e. The van der Waals surface area contributed by atoms with Gasteiger partial charge >= 0.3 is 0 Å². The van der Waals surface area contributed by atoms with E-state index in [0.29, 0.717) is 12.1 Å². The third-order valence-corrected chi connectivity index (χ3v) is 4.18. The number of carbonyl (C=O) groups is 1. The maximum absolute atomic E-state index is 11.6. The molecule has 0 aromatic carbocycles. The number of hydrogen-bond donors (Lipinski definition) is 1. The number of aromatic nitrogens is 2. The van der Waals surface area contributed by atoms with Crippen LogP contribution in [0.25, 0.3) is 11.4 Å². The van der Waals surface area contributed by atoms with E-state index >= 15 is 0 Å². The van der Waals surface area contributed by atoms with Gasteiger partial charge in [0.05, 0.1) is 34.8 Å². The SMILES string of the molecule is Cc1nc(-c2cc(C(N)=O)c(C)n2Cc2ccco2)cs1. The van der Waals surface area contributed by atoms with Crippen LogP contribution >= 0.6 is 11.3 Å². The molecular weight excluding hydrogens is 286 g/mol. The van der Waals surface area contributed by atoms with Crippen LogP contribution in [0.15, 0.2) is 34.3 Å². The molecule has 21 heavy (non-hydrogen) atoms. The van der Waals surface area contributed by atoms with Crippen molar-refractivity contribution in [3.05, 3.63) is 51.9 Å². The Balaban J connectivity index is 2.13. The van der Waals surface area contributed by atoms with Crippen molar-refractivity contribution >= 4 is 17.2 Å². The first kappa shape index (κ1) is 13.6. The summed E-state index contributed by atoms with van der Waals surface area (Å²) in [6.07, 6.45) is 1.63. The summed E-state index contributed by atoms with van der Waals surface area (Å²) in [5.41, 5.74) is 8.52. The van der Waals surface area contributed by atoms with Gasteiger partial charge in [0.25, 0.3) is 5.91 Å². The van der Waals surface area contributed by atoms with E-state index < -0.39 is 5.91 Å². The van der Waals surface area contributed by atoms with Crippen molar-refractivity contribution in [2.24, 2.45) is 5.73 Å². The van der Waals surface area contributed by atoms with E-state index in [2.05, 4.69) is 4.98 Å². The van der Waals surface area contributed by atoms with Gasteiger partial charge in [0.1, 0.15) is 5.76 Å². The van der Waals surface area contributed by atoms with Crippen LogP contribution in [0.4, 0.5) is 0 Å². The van der Waals surface area contributed by atoms with Crippen LogP contribution in [-0.2, 0) is 6.54 Å². The number of furan rings is 1. The highest BCUT2D eigenvalue weighted by atomic mass is 32.1. The third-order valence-electron chi connectivity index (χ3n) is 3.41. The molecule has 3 aromatic rings. The quantitative estimate of drug-likeness (QED) is 0.805. The molecule has 0 bridgehead atoms. The standard InChI is InChI=1S/C15H15N3O2S/c1-9-12(15(16)19)6-14(13-8-21-10(2)17-13)18(9)7-11-4-3-5-20-11/h3-6,8H,7H2,1-2H3,(H2,16,19). The van der Waals surface area contributed by atoms with E-state index in [0.717, 1.165) is 27.8 Å². The Hall–Kier alpha value is -2.34. The molecule has 0 aliphatic heterocycles. The van der Waals surface area contributed by atoms with Crippen molar-refractivity contribution in [1.82, 2.24) is 9.55 Å². The topological polar surface area (TPSA) is 74.0 Å². The summed E-state index contributed by atoms with van der Waals surface area (Å²) in [4.78, 5) is 16.1. The molecule has 5 nitrogen and oxygen atoms in total. The summed E-state index contributed by atoms with van der Waals surface area (Å²) in [7, 11) is 0. The second-order valence-corrected chi connectivity index (χ2v) is 5.87. The maximum atomic E-state index is 11.6. The van der Waals surface area contributed by atoms with Crippen molar-refractivity contribution in [2.75, 3.05) is 0 Å². The fourth-order valence-corrected chi connectivity index (χ4v) is 2.96. The van der Waals surface area contributed by atoms with E-state index in [1.165, 1.54) is 0 Å². The lowest BCUT2D eigenvalue weighted by molar-refractivity contribution is 0.0999. The number of nitrogens with zero attached hydrogens (tertiary/aromatic N) is 2. The molecule has 0 fully saturated rings. The summed E-state index contributed by atoms with van der Waals surface area (Å²) in [5, 5.41) is 2.96. The molecule has 3 aromatic heterocycles. The zero-order chi connectivity index (χ0) is 15.0. The number of thiazole rings is 1. The second kappa shape index (κ2) is 5.21. The number of amides is 1. The Kier molecular flexibility index (Phi) is 3.39. The highest BCUT2D eigenvalue weighted by molar-refractivity contribution is 7.09. The normalized spacial score (nSPS) is 11.0. The lowest BCUT2D eigenvalue weighted by Crippen LogP contribution is -2.12. The first-order valence-electron chi connectivity index (χ1n) is 6.51. The Labute approximate surface area is 126 Å². The molecule has 2 N–H and O–H groups in total. The van der Waals surface area contributed by atoms with Crippen LogP contribution in [0.1, 0.15) is 26.8 Å². The molecular formula is C15H15N3O2S. The van der Waals surface area contributed by atoms with Gasteiger partial charge in [0, 0.05) is 11.1 Å². The van der Waals surface area contributed by atoms with Gasteiger partial charge in [0.15, 0.2) is 0 Å². The highest BCUT2D eigenvalue weighted by Crippen LogP contribution is 2.28. The second-order valence-electron chi connectivity index (χ2n) is 4.81. The van der Waals surface area contributed by atoms with E-state index in [1.807, 2.05) is 35.9 Å². The summed E-state index contributed by atoms with van der Waals surface area (Å²) >= 11 is 1.58. The third kappa shape index (κ3) is 2.50. The number of nitrogens with two attached hydrogens (primary N) is 1. The van der Waals surface area contributed by atoms with Crippen LogP contribution in [-0.4, -0.2) is 15.5 Å². The minimum absolute atomic E-state index is 0.432. The van der Waals surface area contributed by atoms with Crippen LogP contribution in [0.3, 0.4) is 0 Å². The van der Waals surface area contributed by atoms with Crippen molar-refractivity contribution in [1.29, 1.82) is 0 Å². The van der Waals surface area contributed by atoms with Crippen LogP contribution < -0.4 is 5.73 Å². The summed E-state index contributed by atoms with van der Waals surface area (Å²) < 4.78 is 7.41. The molecule has 0 unspecified atom stereocenters. The first-order valence-corrected chi connectivity index (χ1v) is 7.39. The predicted molar refractivity (Wildman–Crippen MR) is 81.3 cm³/mol. The molecule has 0 spiro atoms. The van der Waals surface area contributed by atoms with E-state index in [4.69, 9.17) is 10.2 Å². The molecule has 3 heterocycles. The predicted octanol–water partition coefficient (Wildman–Crippen LogP) is 2.97. The van der Waals surface area contributed by atoms with E-state index in [1.54, 1.807) is 23.7 Å². The molecule has 0 aliphatic carbocycles. The summed E-state index contributed by atoms with van der Waals surface area (Å²) in [5.74, 6) is 0.386. The summed E-state index contributed by atoms with van der Waals surface area (Å²) in [6, 6.07) is 5.55. The van der Waals surface area contributed by atoms with Crippen LogP contribution in [0.2, 0.25) is 0 Å². The lowest BCUT2D eigenvalue weighted by atomic mass is 10.2. The Bertz CT molecular complexity index is 784. The Morgan fingerprint density at radius 3 is 2.86 bits per heavy atom. The maximum Gasteiger partial charge on any atom is 0.250 e. The van der Waals surface area contributed by atoms with E-state index in [9.17, 15) is 4.79 Å². The molecule has 3 rings (SSSR count). The average molecular weight is 301 g/mol. The minimum atomic E-state index is -0.432. The molecule has 108 valence electrons. The van der Waals surface area contributed by atoms with Gasteiger partial charge in [-0.05, 0) is 32.0 Å². The number of carbonyl (C=O) groups excluding carboxylic acids is 1. The zero-order valence-electron chi connectivity index (χ0n) is 11.8. The van der Waals surface area contributed by atoms with Gasteiger partial charge in [-0.2, -0.15) is 0 Å². The molecule has 0 saturated heterocycles. The summed E-state index contributed by atoms with van der Waals surface area (Å²) in [6.45, 7) is 4.37. The van der Waals surface area contributed by atoms with Gasteiger partial charge < -0.3 is 14.7 Å². The van der Waals surface area contributed by atoms with Crippen molar-refractivity contribution in [3.8, 4) is 11.4 Å². The van der Waals surface area contributed by atoms with Gasteiger partial charge in [-0.1, -0.05) is 0 Å². The van der Waals surface area contributed by atoms with Crippen LogP contribution in [0.5, 0.6) is 0 Å². The first-order chi connectivity index (χ1) is 10.1. The average Bonchev–Trinajstić information content (AvgIpc) is 3.13. The number of aryl methyl sites for hydroxylation is 1. The van der Waals surface area contributed by atoms with Gasteiger partial charge in [-0.25, -0.2) is 4.98 Å². The molecule has 0 atom stereocenters.